The minimum absolute atomic E-state index is 0.639. The second kappa shape index (κ2) is 7.65. The smallest absolute Gasteiger partial charge is 0.125 e. The van der Waals surface area contributed by atoms with Crippen molar-refractivity contribution >= 4 is 0 Å². The lowest BCUT2D eigenvalue weighted by Gasteiger charge is -2.14. The number of likely N-dealkylation sites (tertiary alicyclic amines) is 1. The van der Waals surface area contributed by atoms with E-state index in [1.165, 1.54) is 42.6 Å². The summed E-state index contributed by atoms with van der Waals surface area (Å²) in [4.78, 5) is 1.69. The Labute approximate surface area is 122 Å². The van der Waals surface area contributed by atoms with Gasteiger partial charge in [0.2, 0.25) is 0 Å². The highest BCUT2D eigenvalue weighted by Gasteiger charge is 2.14. The van der Waals surface area contributed by atoms with Crippen molar-refractivity contribution in [3.8, 4) is 5.75 Å². The van der Waals surface area contributed by atoms with E-state index in [2.05, 4.69) is 32.9 Å². The fourth-order valence-corrected chi connectivity index (χ4v) is 3.04. The van der Waals surface area contributed by atoms with Crippen molar-refractivity contribution in [2.45, 2.75) is 33.6 Å². The fourth-order valence-electron chi connectivity index (χ4n) is 3.04. The monoisotopic (exact) mass is 278 g/mol. The van der Waals surface area contributed by atoms with Crippen molar-refractivity contribution in [2.75, 3.05) is 39.5 Å². The van der Waals surface area contributed by atoms with E-state index < -0.39 is 0 Å². The van der Waals surface area contributed by atoms with Crippen LogP contribution in [0, 0.1) is 20.8 Å². The molecule has 0 unspecified atom stereocenters. The van der Waals surface area contributed by atoms with Gasteiger partial charge in [-0.15, -0.1) is 0 Å². The van der Waals surface area contributed by atoms with E-state index in [1.807, 2.05) is 0 Å². The molecule has 3 nitrogen and oxygen atoms in total. The first kappa shape index (κ1) is 15.3. The molecule has 1 N–H and O–H groups in total. The molecule has 1 aliphatic rings. The van der Waals surface area contributed by atoms with E-state index >= 15 is 0 Å². The van der Waals surface area contributed by atoms with Crippen LogP contribution >= 0.6 is 0 Å². The Bertz CT molecular complexity index is 402. The fraction of sp³-hybridized carbons (Fsp3) is 0.647. The number of hydrogen-bond donors (Lipinski definition) is 1. The Hall–Kier alpha value is -1.06. The van der Waals surface area contributed by atoms with E-state index in [0.29, 0.717) is 13.2 Å². The van der Waals surface area contributed by atoms with Crippen LogP contribution in [0.4, 0.5) is 0 Å². The minimum Gasteiger partial charge on any atom is -0.491 e. The molecule has 3 heteroatoms. The zero-order valence-electron chi connectivity index (χ0n) is 13.1. The van der Waals surface area contributed by atoms with Crippen molar-refractivity contribution in [3.63, 3.8) is 0 Å². The summed E-state index contributed by atoms with van der Waals surface area (Å²) in [6.45, 7) is 12.3. The molecule has 0 bridgehead atoms. The molecule has 0 saturated carbocycles. The maximum atomic E-state index is 5.86. The first-order valence-corrected chi connectivity index (χ1v) is 7.79. The number of quaternary nitrogens is 1. The van der Waals surface area contributed by atoms with Gasteiger partial charge in [0, 0.05) is 12.8 Å². The number of benzene rings is 1. The molecular formula is C17H28NO2+. The molecular weight excluding hydrogens is 250 g/mol. The normalized spacial score (nSPS) is 15.8. The zero-order valence-corrected chi connectivity index (χ0v) is 13.1. The van der Waals surface area contributed by atoms with Crippen molar-refractivity contribution in [3.05, 3.63) is 28.8 Å². The molecule has 0 spiro atoms. The van der Waals surface area contributed by atoms with Crippen molar-refractivity contribution in [1.29, 1.82) is 0 Å². The van der Waals surface area contributed by atoms with Crippen LogP contribution in [0.5, 0.6) is 5.75 Å². The van der Waals surface area contributed by atoms with Crippen LogP contribution in [0.3, 0.4) is 0 Å². The molecule has 0 amide bonds. The molecule has 1 heterocycles. The van der Waals surface area contributed by atoms with Gasteiger partial charge in [-0.25, -0.2) is 0 Å². The molecule has 0 atom stereocenters. The van der Waals surface area contributed by atoms with Crippen molar-refractivity contribution < 1.29 is 14.4 Å². The summed E-state index contributed by atoms with van der Waals surface area (Å²) < 4.78 is 11.5. The second-order valence-electron chi connectivity index (χ2n) is 5.90. The summed E-state index contributed by atoms with van der Waals surface area (Å²) in [6.07, 6.45) is 2.76. The quantitative estimate of drug-likeness (QED) is 0.767. The van der Waals surface area contributed by atoms with Gasteiger partial charge < -0.3 is 14.4 Å². The molecule has 1 fully saturated rings. The number of rotatable bonds is 7. The van der Waals surface area contributed by atoms with E-state index in [-0.39, 0.29) is 0 Å². The highest BCUT2D eigenvalue weighted by atomic mass is 16.5. The topological polar surface area (TPSA) is 22.9 Å². The van der Waals surface area contributed by atoms with Crippen LogP contribution in [0.1, 0.15) is 29.5 Å². The Morgan fingerprint density at radius 1 is 0.950 bits per heavy atom. The van der Waals surface area contributed by atoms with Gasteiger partial charge in [-0.3, -0.25) is 0 Å². The van der Waals surface area contributed by atoms with Crippen LogP contribution in [0.2, 0.25) is 0 Å². The average molecular weight is 278 g/mol. The summed E-state index contributed by atoms with van der Waals surface area (Å²) in [5.41, 5.74) is 3.71. The van der Waals surface area contributed by atoms with Gasteiger partial charge in [0.05, 0.1) is 26.3 Å². The maximum Gasteiger partial charge on any atom is 0.125 e. The molecule has 112 valence electrons. The highest BCUT2D eigenvalue weighted by molar-refractivity contribution is 5.42. The van der Waals surface area contributed by atoms with Crippen LogP contribution < -0.4 is 9.64 Å². The predicted molar refractivity (Wildman–Crippen MR) is 81.8 cm³/mol. The first-order chi connectivity index (χ1) is 9.66. The molecule has 1 aromatic carbocycles. The summed E-state index contributed by atoms with van der Waals surface area (Å²) >= 11 is 0. The lowest BCUT2D eigenvalue weighted by molar-refractivity contribution is -0.887. The summed E-state index contributed by atoms with van der Waals surface area (Å²) in [5, 5.41) is 0. The van der Waals surface area contributed by atoms with Crippen molar-refractivity contribution in [1.82, 2.24) is 0 Å². The second-order valence-corrected chi connectivity index (χ2v) is 5.90. The van der Waals surface area contributed by atoms with Crippen LogP contribution in [-0.2, 0) is 4.74 Å². The number of aryl methyl sites for hydroxylation is 3. The standard InChI is InChI=1S/C17H27NO2/c1-14-12-15(2)17(16(3)13-14)20-11-10-19-9-8-18-6-4-5-7-18/h12-13H,4-11H2,1-3H3/p+1. The van der Waals surface area contributed by atoms with E-state index in [4.69, 9.17) is 9.47 Å². The Kier molecular flexibility index (Phi) is 5.86. The number of hydrogen-bond acceptors (Lipinski definition) is 2. The minimum atomic E-state index is 0.639. The van der Waals surface area contributed by atoms with Crippen molar-refractivity contribution in [2.24, 2.45) is 0 Å². The first-order valence-electron chi connectivity index (χ1n) is 7.79. The molecule has 1 aromatic rings. The SMILES string of the molecule is Cc1cc(C)c(OCCOCC[NH+]2CCCC2)c(C)c1. The Morgan fingerprint density at radius 2 is 1.60 bits per heavy atom. The zero-order chi connectivity index (χ0) is 14.4. The van der Waals surface area contributed by atoms with Crippen LogP contribution in [0.15, 0.2) is 12.1 Å². The van der Waals surface area contributed by atoms with Gasteiger partial charge >= 0.3 is 0 Å². The largest absolute Gasteiger partial charge is 0.491 e. The third-order valence-electron chi connectivity index (χ3n) is 3.99. The van der Waals surface area contributed by atoms with Gasteiger partial charge in [-0.05, 0) is 31.9 Å². The van der Waals surface area contributed by atoms with Gasteiger partial charge in [-0.1, -0.05) is 17.7 Å². The Morgan fingerprint density at radius 3 is 2.25 bits per heavy atom. The maximum absolute atomic E-state index is 5.86. The lowest BCUT2D eigenvalue weighted by Crippen LogP contribution is -3.10. The molecule has 0 radical (unpaired) electrons. The molecule has 1 aliphatic heterocycles. The Balaban J connectivity index is 1.63. The lowest BCUT2D eigenvalue weighted by atomic mass is 10.1. The average Bonchev–Trinajstić information content (AvgIpc) is 2.89. The molecule has 20 heavy (non-hydrogen) atoms. The molecule has 1 saturated heterocycles. The van der Waals surface area contributed by atoms with Crippen LogP contribution in [0.25, 0.3) is 0 Å². The summed E-state index contributed by atoms with van der Waals surface area (Å²) in [5.74, 6) is 1.02. The molecule has 0 aromatic heterocycles. The van der Waals surface area contributed by atoms with E-state index in [1.54, 1.807) is 4.90 Å². The van der Waals surface area contributed by atoms with E-state index in [9.17, 15) is 0 Å². The number of nitrogens with one attached hydrogen (secondary N) is 1. The molecule has 2 rings (SSSR count). The van der Waals surface area contributed by atoms with Crippen LogP contribution in [-0.4, -0.2) is 39.5 Å². The van der Waals surface area contributed by atoms with Gasteiger partial charge in [0.15, 0.2) is 0 Å². The highest BCUT2D eigenvalue weighted by Crippen LogP contribution is 2.24. The van der Waals surface area contributed by atoms with Gasteiger partial charge in [0.1, 0.15) is 18.9 Å². The van der Waals surface area contributed by atoms with E-state index in [0.717, 1.165) is 18.9 Å². The summed E-state index contributed by atoms with van der Waals surface area (Å²) in [6, 6.07) is 4.33. The predicted octanol–water partition coefficient (Wildman–Crippen LogP) is 1.69. The van der Waals surface area contributed by atoms with Gasteiger partial charge in [0.25, 0.3) is 0 Å². The third kappa shape index (κ3) is 4.50. The summed E-state index contributed by atoms with van der Waals surface area (Å²) in [7, 11) is 0. The van der Waals surface area contributed by atoms with Gasteiger partial charge in [-0.2, -0.15) is 0 Å². The number of ether oxygens (including phenoxy) is 2. The third-order valence-corrected chi connectivity index (χ3v) is 3.99. The molecule has 0 aliphatic carbocycles.